The molecule has 0 saturated heterocycles. The maximum atomic E-state index is 2.34. The first-order chi connectivity index (χ1) is 13.8. The van der Waals surface area contributed by atoms with Gasteiger partial charge >= 0.3 is 0 Å². The van der Waals surface area contributed by atoms with E-state index in [1.165, 1.54) is 38.8 Å². The minimum absolute atomic E-state index is 0.806. The highest BCUT2D eigenvalue weighted by atomic mass is 15.0. The lowest BCUT2D eigenvalue weighted by atomic mass is 10.0. The molecule has 5 rings (SSSR count). The number of rotatable bonds is 3. The molecule has 0 aliphatic carbocycles. The SMILES string of the molecule is Cc1ccccc1-c1cccc[n+]1Cc1cc2ccccc2c2cccc[n+]12. The summed E-state index contributed by atoms with van der Waals surface area (Å²) in [6.45, 7) is 2.98. The van der Waals surface area contributed by atoms with Crippen LogP contribution in [0, 0.1) is 6.92 Å². The lowest BCUT2D eigenvalue weighted by Crippen LogP contribution is -2.41. The number of aryl methyl sites for hydroxylation is 1. The third-order valence-electron chi connectivity index (χ3n) is 5.42. The van der Waals surface area contributed by atoms with E-state index in [-0.39, 0.29) is 0 Å². The molecule has 134 valence electrons. The van der Waals surface area contributed by atoms with E-state index in [9.17, 15) is 0 Å². The molecular formula is C26H22N2+2. The van der Waals surface area contributed by atoms with Crippen molar-refractivity contribution in [1.29, 1.82) is 0 Å². The molecule has 2 aromatic carbocycles. The highest BCUT2D eigenvalue weighted by molar-refractivity contribution is 5.93. The molecule has 2 nitrogen and oxygen atoms in total. The highest BCUT2D eigenvalue weighted by Gasteiger charge is 2.21. The zero-order valence-corrected chi connectivity index (χ0v) is 15.9. The Morgan fingerprint density at radius 2 is 1.46 bits per heavy atom. The molecule has 0 aliphatic heterocycles. The van der Waals surface area contributed by atoms with Crippen LogP contribution in [0.5, 0.6) is 0 Å². The molecule has 3 aromatic heterocycles. The predicted molar refractivity (Wildman–Crippen MR) is 113 cm³/mol. The van der Waals surface area contributed by atoms with Crippen LogP contribution in [0.3, 0.4) is 0 Å². The molecule has 0 unspecified atom stereocenters. The summed E-state index contributed by atoms with van der Waals surface area (Å²) in [7, 11) is 0. The lowest BCUT2D eigenvalue weighted by Gasteiger charge is -2.07. The number of benzene rings is 2. The van der Waals surface area contributed by atoms with Gasteiger partial charge in [0.05, 0.1) is 5.39 Å². The summed E-state index contributed by atoms with van der Waals surface area (Å²) < 4.78 is 4.65. The molecule has 3 heterocycles. The second kappa shape index (κ2) is 6.90. The van der Waals surface area contributed by atoms with Crippen LogP contribution >= 0.6 is 0 Å². The van der Waals surface area contributed by atoms with Gasteiger partial charge in [-0.2, -0.15) is 8.97 Å². The number of nitrogens with zero attached hydrogens (tertiary/aromatic N) is 2. The number of hydrogen-bond donors (Lipinski definition) is 0. The maximum Gasteiger partial charge on any atom is 0.253 e. The van der Waals surface area contributed by atoms with Crippen molar-refractivity contribution in [3.8, 4) is 11.3 Å². The number of aromatic nitrogens is 2. The van der Waals surface area contributed by atoms with E-state index >= 15 is 0 Å². The number of hydrogen-bond acceptors (Lipinski definition) is 0. The fourth-order valence-electron chi connectivity index (χ4n) is 4.03. The molecule has 5 aromatic rings. The Bertz CT molecular complexity index is 1300. The summed E-state index contributed by atoms with van der Waals surface area (Å²) in [5.41, 5.74) is 6.31. The van der Waals surface area contributed by atoms with Gasteiger partial charge in [-0.3, -0.25) is 0 Å². The van der Waals surface area contributed by atoms with E-state index in [1.807, 2.05) is 0 Å². The summed E-state index contributed by atoms with van der Waals surface area (Å²) in [6.07, 6.45) is 4.33. The molecular weight excluding hydrogens is 340 g/mol. The third-order valence-corrected chi connectivity index (χ3v) is 5.42. The molecule has 0 radical (unpaired) electrons. The zero-order valence-electron chi connectivity index (χ0n) is 15.9. The zero-order chi connectivity index (χ0) is 18.9. The Balaban J connectivity index is 1.70. The first-order valence-corrected chi connectivity index (χ1v) is 9.67. The Labute approximate surface area is 165 Å². The molecule has 0 amide bonds. The maximum absolute atomic E-state index is 2.34. The van der Waals surface area contributed by atoms with Gasteiger partial charge < -0.3 is 0 Å². The summed E-state index contributed by atoms with van der Waals surface area (Å²) in [5.74, 6) is 0. The van der Waals surface area contributed by atoms with Gasteiger partial charge in [0.2, 0.25) is 17.8 Å². The second-order valence-electron chi connectivity index (χ2n) is 7.21. The van der Waals surface area contributed by atoms with Crippen molar-refractivity contribution in [3.05, 3.63) is 115 Å². The number of pyridine rings is 3. The highest BCUT2D eigenvalue weighted by Crippen LogP contribution is 2.21. The Morgan fingerprint density at radius 1 is 0.714 bits per heavy atom. The predicted octanol–water partition coefficient (Wildman–Crippen LogP) is 4.89. The first kappa shape index (κ1) is 16.6. The van der Waals surface area contributed by atoms with Gasteiger partial charge in [0.1, 0.15) is 0 Å². The van der Waals surface area contributed by atoms with Crippen molar-refractivity contribution in [2.75, 3.05) is 0 Å². The molecule has 28 heavy (non-hydrogen) atoms. The lowest BCUT2D eigenvalue weighted by molar-refractivity contribution is -0.695. The van der Waals surface area contributed by atoms with Gasteiger partial charge in [-0.05, 0) is 42.1 Å². The van der Waals surface area contributed by atoms with Crippen molar-refractivity contribution >= 4 is 16.3 Å². The summed E-state index contributed by atoms with van der Waals surface area (Å²) in [6, 6.07) is 32.3. The topological polar surface area (TPSA) is 7.98 Å². The van der Waals surface area contributed by atoms with Crippen LogP contribution in [0.4, 0.5) is 0 Å². The van der Waals surface area contributed by atoms with Crippen LogP contribution in [-0.2, 0) is 6.54 Å². The smallest absolute Gasteiger partial charge is 0.188 e. The van der Waals surface area contributed by atoms with Crippen LogP contribution in [-0.4, -0.2) is 0 Å². The molecule has 0 aliphatic rings. The van der Waals surface area contributed by atoms with Crippen LogP contribution < -0.4 is 8.97 Å². The average molecular weight is 362 g/mol. The van der Waals surface area contributed by atoms with Gasteiger partial charge in [-0.25, -0.2) is 0 Å². The van der Waals surface area contributed by atoms with Crippen LogP contribution in [0.25, 0.3) is 27.5 Å². The van der Waals surface area contributed by atoms with Crippen molar-refractivity contribution in [3.63, 3.8) is 0 Å². The van der Waals surface area contributed by atoms with Gasteiger partial charge in [0.15, 0.2) is 12.4 Å². The van der Waals surface area contributed by atoms with Crippen molar-refractivity contribution in [2.24, 2.45) is 0 Å². The van der Waals surface area contributed by atoms with E-state index < -0.39 is 0 Å². The molecule has 2 heteroatoms. The van der Waals surface area contributed by atoms with Crippen LogP contribution in [0.1, 0.15) is 11.3 Å². The second-order valence-corrected chi connectivity index (χ2v) is 7.21. The van der Waals surface area contributed by atoms with Gasteiger partial charge in [0, 0.05) is 35.9 Å². The Kier molecular flexibility index (Phi) is 4.10. The fourth-order valence-corrected chi connectivity index (χ4v) is 4.03. The minimum Gasteiger partial charge on any atom is -0.188 e. The van der Waals surface area contributed by atoms with Crippen LogP contribution in [0.2, 0.25) is 0 Å². The number of fused-ring (bicyclic) bond motifs is 3. The van der Waals surface area contributed by atoms with Crippen molar-refractivity contribution in [1.82, 2.24) is 0 Å². The third kappa shape index (κ3) is 2.84. The quantitative estimate of drug-likeness (QED) is 0.319. The van der Waals surface area contributed by atoms with E-state index in [4.69, 9.17) is 0 Å². The van der Waals surface area contributed by atoms with Crippen molar-refractivity contribution < 1.29 is 8.97 Å². The molecule has 0 saturated carbocycles. The van der Waals surface area contributed by atoms with Crippen LogP contribution in [0.15, 0.2) is 103 Å². The van der Waals surface area contributed by atoms with Gasteiger partial charge in [-0.15, -0.1) is 0 Å². The van der Waals surface area contributed by atoms with Crippen molar-refractivity contribution in [2.45, 2.75) is 13.5 Å². The largest absolute Gasteiger partial charge is 0.253 e. The standard InChI is InChI=1S/C26H22N2/c1-20-10-2-4-12-23(20)25-14-6-8-16-27(25)19-22-18-21-11-3-5-13-24(21)26-15-7-9-17-28(22)26/h2-18H,19H2,1H3/q+2. The molecule has 0 fully saturated rings. The molecule has 0 N–H and O–H groups in total. The van der Waals surface area contributed by atoms with E-state index in [1.54, 1.807) is 0 Å². The summed E-state index contributed by atoms with van der Waals surface area (Å²) in [5, 5.41) is 2.56. The Hall–Kier alpha value is -3.52. The minimum atomic E-state index is 0.806. The molecule has 0 bridgehead atoms. The normalized spacial score (nSPS) is 11.2. The summed E-state index contributed by atoms with van der Waals surface area (Å²) >= 11 is 0. The molecule has 0 spiro atoms. The van der Waals surface area contributed by atoms with E-state index in [2.05, 4.69) is 119 Å². The molecule has 0 atom stereocenters. The average Bonchev–Trinajstić information content (AvgIpc) is 2.75. The monoisotopic (exact) mass is 362 g/mol. The fraction of sp³-hybridized carbons (Fsp3) is 0.0769. The van der Waals surface area contributed by atoms with E-state index in [0.717, 1.165) is 6.54 Å². The first-order valence-electron chi connectivity index (χ1n) is 9.67. The van der Waals surface area contributed by atoms with E-state index in [0.29, 0.717) is 0 Å². The Morgan fingerprint density at radius 3 is 2.39 bits per heavy atom. The summed E-state index contributed by atoms with van der Waals surface area (Å²) in [4.78, 5) is 0. The van der Waals surface area contributed by atoms with Gasteiger partial charge in [-0.1, -0.05) is 36.4 Å². The van der Waals surface area contributed by atoms with Gasteiger partial charge in [0.25, 0.3) is 5.69 Å².